The zero-order chi connectivity index (χ0) is 19.5. The van der Waals surface area contributed by atoms with Crippen LogP contribution in [0, 0.1) is 0 Å². The first kappa shape index (κ1) is 19.6. The Bertz CT molecular complexity index is 768. The Morgan fingerprint density at radius 1 is 1.00 bits per heavy atom. The van der Waals surface area contributed by atoms with Crippen LogP contribution < -0.4 is 10.1 Å². The normalized spacial score (nSPS) is 13.2. The molecule has 1 amide bonds. The van der Waals surface area contributed by atoms with Gasteiger partial charge in [0.2, 0.25) is 6.41 Å². The molecule has 1 N–H and O–H groups in total. The number of carbonyl (C=O) groups excluding carboxylic acids is 1. The first-order valence-corrected chi connectivity index (χ1v) is 7.29. The van der Waals surface area contributed by atoms with Crippen LogP contribution in [-0.4, -0.2) is 12.8 Å². The minimum absolute atomic E-state index is 0.140. The third-order valence-corrected chi connectivity index (χ3v) is 3.69. The summed E-state index contributed by atoms with van der Waals surface area (Å²) in [6, 6.07) is 8.22. The SMILES string of the molecule is CC(c1ccc(OC(F)(F)F)cc1)c1cccc(C(F)(F)F)c1NC=O. The molecule has 9 heteroatoms. The molecule has 2 aromatic rings. The molecule has 2 rings (SSSR count). The lowest BCUT2D eigenvalue weighted by atomic mass is 9.90. The van der Waals surface area contributed by atoms with Gasteiger partial charge in [-0.05, 0) is 29.3 Å². The predicted octanol–water partition coefficient (Wildman–Crippen LogP) is 5.32. The van der Waals surface area contributed by atoms with Crippen molar-refractivity contribution >= 4 is 12.1 Å². The lowest BCUT2D eigenvalue weighted by molar-refractivity contribution is -0.274. The average molecular weight is 377 g/mol. The highest BCUT2D eigenvalue weighted by Gasteiger charge is 2.35. The van der Waals surface area contributed by atoms with Crippen LogP contribution in [0.2, 0.25) is 0 Å². The standard InChI is InChI=1S/C17H13F6NO2/c1-10(11-5-7-12(8-6-11)26-17(21,22)23)13-3-2-4-14(16(18,19)20)15(13)24-9-25/h2-10H,1H3,(H,24,25). The van der Waals surface area contributed by atoms with E-state index in [0.717, 1.165) is 18.2 Å². The number of rotatable bonds is 5. The molecule has 140 valence electrons. The molecular weight excluding hydrogens is 364 g/mol. The number of para-hydroxylation sites is 1. The van der Waals surface area contributed by atoms with E-state index >= 15 is 0 Å². The lowest BCUT2D eigenvalue weighted by Crippen LogP contribution is -2.17. The van der Waals surface area contributed by atoms with Gasteiger partial charge >= 0.3 is 12.5 Å². The maximum absolute atomic E-state index is 13.1. The molecule has 1 atom stereocenters. The second-order valence-electron chi connectivity index (χ2n) is 5.37. The van der Waals surface area contributed by atoms with Gasteiger partial charge in [-0.1, -0.05) is 31.2 Å². The highest BCUT2D eigenvalue weighted by Crippen LogP contribution is 2.40. The molecule has 0 aliphatic heterocycles. The van der Waals surface area contributed by atoms with Crippen molar-refractivity contribution in [3.05, 3.63) is 59.2 Å². The molecule has 3 nitrogen and oxygen atoms in total. The van der Waals surface area contributed by atoms with Crippen LogP contribution in [-0.2, 0) is 11.0 Å². The maximum Gasteiger partial charge on any atom is 0.573 e. The topological polar surface area (TPSA) is 38.3 Å². The summed E-state index contributed by atoms with van der Waals surface area (Å²) in [7, 11) is 0. The van der Waals surface area contributed by atoms with Crippen LogP contribution >= 0.6 is 0 Å². The summed E-state index contributed by atoms with van der Waals surface area (Å²) in [5, 5.41) is 2.07. The third-order valence-electron chi connectivity index (χ3n) is 3.69. The second kappa shape index (κ2) is 7.27. The number of benzene rings is 2. The van der Waals surface area contributed by atoms with Crippen molar-refractivity contribution < 1.29 is 35.9 Å². The molecule has 0 saturated heterocycles. The fourth-order valence-corrected chi connectivity index (χ4v) is 2.52. The van der Waals surface area contributed by atoms with Gasteiger partial charge in [-0.15, -0.1) is 13.2 Å². The molecule has 0 saturated carbocycles. The van der Waals surface area contributed by atoms with Crippen molar-refractivity contribution in [1.29, 1.82) is 0 Å². The van der Waals surface area contributed by atoms with Crippen LogP contribution in [0.25, 0.3) is 0 Å². The van der Waals surface area contributed by atoms with Crippen LogP contribution in [0.15, 0.2) is 42.5 Å². The van der Waals surface area contributed by atoms with Crippen molar-refractivity contribution in [2.75, 3.05) is 5.32 Å². The molecule has 0 heterocycles. The Morgan fingerprint density at radius 2 is 1.62 bits per heavy atom. The molecule has 1 unspecified atom stereocenters. The minimum atomic E-state index is -4.84. The predicted molar refractivity (Wildman–Crippen MR) is 81.8 cm³/mol. The lowest BCUT2D eigenvalue weighted by Gasteiger charge is -2.20. The zero-order valence-corrected chi connectivity index (χ0v) is 13.3. The molecule has 0 bridgehead atoms. The van der Waals surface area contributed by atoms with Crippen LogP contribution in [0.5, 0.6) is 5.75 Å². The molecule has 26 heavy (non-hydrogen) atoms. The van der Waals surface area contributed by atoms with Crippen LogP contribution in [0.1, 0.15) is 29.5 Å². The number of hydrogen-bond donors (Lipinski definition) is 1. The maximum atomic E-state index is 13.1. The molecule has 0 fully saturated rings. The number of ether oxygens (including phenoxy) is 1. The Balaban J connectivity index is 2.40. The Morgan fingerprint density at radius 3 is 2.12 bits per heavy atom. The molecule has 0 radical (unpaired) electrons. The Hall–Kier alpha value is -2.71. The number of hydrogen-bond acceptors (Lipinski definition) is 2. The van der Waals surface area contributed by atoms with Gasteiger partial charge in [-0.3, -0.25) is 4.79 Å². The van der Waals surface area contributed by atoms with Crippen molar-refractivity contribution in [2.45, 2.75) is 25.4 Å². The summed E-state index contributed by atoms with van der Waals surface area (Å²) in [6.07, 6.45) is -9.37. The summed E-state index contributed by atoms with van der Waals surface area (Å²) in [5.74, 6) is -1.07. The van der Waals surface area contributed by atoms with E-state index in [9.17, 15) is 31.1 Å². The quantitative estimate of drug-likeness (QED) is 0.565. The second-order valence-corrected chi connectivity index (χ2v) is 5.37. The smallest absolute Gasteiger partial charge is 0.406 e. The minimum Gasteiger partial charge on any atom is -0.406 e. The Labute approximate surface area is 144 Å². The van der Waals surface area contributed by atoms with Crippen LogP contribution in [0.4, 0.5) is 32.0 Å². The average Bonchev–Trinajstić information content (AvgIpc) is 2.53. The fourth-order valence-electron chi connectivity index (χ4n) is 2.52. The first-order chi connectivity index (χ1) is 12.0. The molecular formula is C17H13F6NO2. The monoisotopic (exact) mass is 377 g/mol. The van der Waals surface area contributed by atoms with Crippen LogP contribution in [0.3, 0.4) is 0 Å². The third kappa shape index (κ3) is 4.68. The number of halogens is 6. The molecule has 2 aromatic carbocycles. The van der Waals surface area contributed by atoms with Gasteiger partial charge in [0.1, 0.15) is 5.75 Å². The van der Waals surface area contributed by atoms with Gasteiger partial charge in [-0.25, -0.2) is 0 Å². The molecule has 0 aliphatic carbocycles. The van der Waals surface area contributed by atoms with Gasteiger partial charge in [0.15, 0.2) is 0 Å². The number of anilines is 1. The summed E-state index contributed by atoms with van der Waals surface area (Å²) >= 11 is 0. The number of nitrogens with one attached hydrogen (secondary N) is 1. The van der Waals surface area contributed by atoms with E-state index in [4.69, 9.17) is 0 Å². The van der Waals surface area contributed by atoms with Crippen molar-refractivity contribution in [3.8, 4) is 5.75 Å². The zero-order valence-electron chi connectivity index (χ0n) is 13.3. The molecule has 0 aliphatic rings. The van der Waals surface area contributed by atoms with Gasteiger partial charge < -0.3 is 10.1 Å². The Kier molecular flexibility index (Phi) is 5.48. The van der Waals surface area contributed by atoms with Gasteiger partial charge in [0.05, 0.1) is 11.3 Å². The van der Waals surface area contributed by atoms with Crippen molar-refractivity contribution in [3.63, 3.8) is 0 Å². The van der Waals surface area contributed by atoms with E-state index in [1.807, 2.05) is 0 Å². The fraction of sp³-hybridized carbons (Fsp3) is 0.235. The highest BCUT2D eigenvalue weighted by molar-refractivity contribution is 5.77. The summed E-state index contributed by atoms with van der Waals surface area (Å²) in [5.41, 5.74) is -0.770. The van der Waals surface area contributed by atoms with E-state index in [1.165, 1.54) is 24.3 Å². The number of carbonyl (C=O) groups is 1. The van der Waals surface area contributed by atoms with Crippen molar-refractivity contribution in [2.24, 2.45) is 0 Å². The van der Waals surface area contributed by atoms with Gasteiger partial charge in [0, 0.05) is 5.92 Å². The van der Waals surface area contributed by atoms with Gasteiger partial charge in [0.25, 0.3) is 0 Å². The summed E-state index contributed by atoms with van der Waals surface area (Å²) in [4.78, 5) is 10.7. The van der Waals surface area contributed by atoms with Crippen molar-refractivity contribution in [1.82, 2.24) is 0 Å². The number of amides is 1. The first-order valence-electron chi connectivity index (χ1n) is 7.29. The van der Waals surface area contributed by atoms with E-state index in [0.29, 0.717) is 5.56 Å². The van der Waals surface area contributed by atoms with Gasteiger partial charge in [-0.2, -0.15) is 13.2 Å². The summed E-state index contributed by atoms with van der Waals surface area (Å²) < 4.78 is 79.8. The van der Waals surface area contributed by atoms with E-state index in [-0.39, 0.29) is 12.0 Å². The molecule has 0 spiro atoms. The number of alkyl halides is 6. The van der Waals surface area contributed by atoms with E-state index in [1.54, 1.807) is 6.92 Å². The van der Waals surface area contributed by atoms with E-state index in [2.05, 4.69) is 10.1 Å². The highest BCUT2D eigenvalue weighted by atomic mass is 19.4. The van der Waals surface area contributed by atoms with E-state index < -0.39 is 35.5 Å². The summed E-state index contributed by atoms with van der Waals surface area (Å²) in [6.45, 7) is 1.57. The largest absolute Gasteiger partial charge is 0.573 e. The molecule has 0 aromatic heterocycles.